The van der Waals surface area contributed by atoms with Crippen LogP contribution in [0.5, 0.6) is 5.75 Å². The molecular weight excluding hydrogens is 312 g/mol. The molecule has 0 aliphatic carbocycles. The maximum atomic E-state index is 10.7. The molecule has 0 saturated carbocycles. The normalized spacial score (nSPS) is 10.5. The number of hydrogen-bond acceptors (Lipinski definition) is 3. The largest absolute Gasteiger partial charge is 0.496 e. The molecule has 0 spiro atoms. The van der Waals surface area contributed by atoms with Gasteiger partial charge in [0.1, 0.15) is 5.75 Å². The molecule has 1 aromatic heterocycles. The molecule has 0 aliphatic heterocycles. The van der Waals surface area contributed by atoms with Crippen LogP contribution >= 0.6 is 15.9 Å². The molecule has 2 rings (SSSR count). The Bertz CT molecular complexity index is 622. The summed E-state index contributed by atoms with van der Waals surface area (Å²) in [5.41, 5.74) is 2.20. The van der Waals surface area contributed by atoms with Crippen molar-refractivity contribution in [2.45, 2.75) is 6.42 Å². The van der Waals surface area contributed by atoms with Crippen LogP contribution in [-0.2, 0) is 18.3 Å². The van der Waals surface area contributed by atoms with Crippen LogP contribution in [0.25, 0.3) is 11.3 Å². The number of rotatable bonds is 4. The molecule has 0 unspecified atom stereocenters. The Morgan fingerprint density at radius 3 is 2.84 bits per heavy atom. The molecule has 100 valence electrons. The number of carboxylic acids is 1. The fraction of sp³-hybridized carbons (Fsp3) is 0.231. The van der Waals surface area contributed by atoms with Gasteiger partial charge in [-0.3, -0.25) is 9.48 Å². The molecule has 1 aromatic carbocycles. The number of carboxylic acid groups (broad SMARTS) is 1. The second kappa shape index (κ2) is 5.44. The van der Waals surface area contributed by atoms with Gasteiger partial charge in [-0.2, -0.15) is 5.10 Å². The molecule has 0 fully saturated rings. The zero-order chi connectivity index (χ0) is 14.0. The standard InChI is InChI=1S/C13H13BrN2O3/c1-16-11(6-9(15-16)7-13(17)18)10-5-8(14)3-4-12(10)19-2/h3-6H,7H2,1-2H3,(H,17,18). The van der Waals surface area contributed by atoms with Crippen molar-refractivity contribution >= 4 is 21.9 Å². The van der Waals surface area contributed by atoms with Gasteiger partial charge in [0.05, 0.1) is 24.9 Å². The lowest BCUT2D eigenvalue weighted by Crippen LogP contribution is -2.01. The van der Waals surface area contributed by atoms with Crippen molar-refractivity contribution in [2.75, 3.05) is 7.11 Å². The summed E-state index contributed by atoms with van der Waals surface area (Å²) < 4.78 is 7.90. The fourth-order valence-corrected chi connectivity index (χ4v) is 2.26. The van der Waals surface area contributed by atoms with E-state index in [9.17, 15) is 4.79 Å². The van der Waals surface area contributed by atoms with E-state index in [2.05, 4.69) is 21.0 Å². The maximum Gasteiger partial charge on any atom is 0.309 e. The molecule has 0 amide bonds. The molecule has 2 aromatic rings. The minimum Gasteiger partial charge on any atom is -0.496 e. The van der Waals surface area contributed by atoms with Crippen molar-refractivity contribution in [3.8, 4) is 17.0 Å². The molecule has 0 atom stereocenters. The first-order valence-electron chi connectivity index (χ1n) is 5.60. The van der Waals surface area contributed by atoms with Gasteiger partial charge in [-0.05, 0) is 24.3 Å². The van der Waals surface area contributed by atoms with E-state index in [4.69, 9.17) is 9.84 Å². The van der Waals surface area contributed by atoms with Crippen LogP contribution in [0.15, 0.2) is 28.7 Å². The molecule has 5 nitrogen and oxygen atoms in total. The topological polar surface area (TPSA) is 64.3 Å². The Labute approximate surface area is 118 Å². The van der Waals surface area contributed by atoms with E-state index in [-0.39, 0.29) is 6.42 Å². The Hall–Kier alpha value is -1.82. The van der Waals surface area contributed by atoms with Crippen molar-refractivity contribution in [1.82, 2.24) is 9.78 Å². The van der Waals surface area contributed by atoms with Crippen molar-refractivity contribution < 1.29 is 14.6 Å². The lowest BCUT2D eigenvalue weighted by Gasteiger charge is -2.08. The smallest absolute Gasteiger partial charge is 0.309 e. The SMILES string of the molecule is COc1ccc(Br)cc1-c1cc(CC(=O)O)nn1C. The van der Waals surface area contributed by atoms with Crippen LogP contribution in [-0.4, -0.2) is 28.0 Å². The van der Waals surface area contributed by atoms with Gasteiger partial charge in [0.2, 0.25) is 0 Å². The molecule has 1 N–H and O–H groups in total. The summed E-state index contributed by atoms with van der Waals surface area (Å²) in [5.74, 6) is -0.182. The van der Waals surface area contributed by atoms with Crippen LogP contribution < -0.4 is 4.74 Å². The molecular formula is C13H13BrN2O3. The Kier molecular flexibility index (Phi) is 3.90. The van der Waals surface area contributed by atoms with Gasteiger partial charge in [0.15, 0.2) is 0 Å². The molecule has 0 aliphatic rings. The highest BCUT2D eigenvalue weighted by Gasteiger charge is 2.14. The molecule has 1 heterocycles. The number of benzene rings is 1. The molecule has 0 saturated heterocycles. The minimum atomic E-state index is -0.897. The van der Waals surface area contributed by atoms with E-state index in [0.29, 0.717) is 11.4 Å². The summed E-state index contributed by atoms with van der Waals surface area (Å²) in [6.07, 6.45) is -0.0931. The van der Waals surface area contributed by atoms with Gasteiger partial charge >= 0.3 is 5.97 Å². The number of aliphatic carboxylic acids is 1. The Balaban J connectivity index is 2.49. The monoisotopic (exact) mass is 324 g/mol. The first-order valence-corrected chi connectivity index (χ1v) is 6.39. The molecule has 0 radical (unpaired) electrons. The highest BCUT2D eigenvalue weighted by molar-refractivity contribution is 9.10. The van der Waals surface area contributed by atoms with Crippen LogP contribution in [0.3, 0.4) is 0 Å². The van der Waals surface area contributed by atoms with Crippen molar-refractivity contribution in [3.05, 3.63) is 34.4 Å². The summed E-state index contributed by atoms with van der Waals surface area (Å²) in [6.45, 7) is 0. The number of aromatic nitrogens is 2. The van der Waals surface area contributed by atoms with E-state index in [1.165, 1.54) is 0 Å². The second-order valence-corrected chi connectivity index (χ2v) is 4.98. The number of ether oxygens (including phenoxy) is 1. The predicted octanol–water partition coefficient (Wildman–Crippen LogP) is 2.49. The van der Waals surface area contributed by atoms with Crippen molar-refractivity contribution in [3.63, 3.8) is 0 Å². The summed E-state index contributed by atoms with van der Waals surface area (Å²) in [5, 5.41) is 13.0. The van der Waals surface area contributed by atoms with Gasteiger partial charge in [-0.25, -0.2) is 0 Å². The summed E-state index contributed by atoms with van der Waals surface area (Å²) >= 11 is 3.42. The lowest BCUT2D eigenvalue weighted by atomic mass is 10.1. The van der Waals surface area contributed by atoms with Crippen LogP contribution in [0.4, 0.5) is 0 Å². The average Bonchev–Trinajstić information content (AvgIpc) is 2.69. The number of hydrogen-bond donors (Lipinski definition) is 1. The first kappa shape index (κ1) is 13.6. The zero-order valence-electron chi connectivity index (χ0n) is 10.6. The third-order valence-electron chi connectivity index (χ3n) is 2.70. The third-order valence-corrected chi connectivity index (χ3v) is 3.19. The Morgan fingerprint density at radius 2 is 2.21 bits per heavy atom. The van der Waals surface area contributed by atoms with E-state index in [0.717, 1.165) is 15.7 Å². The molecule has 6 heteroatoms. The van der Waals surface area contributed by atoms with Gasteiger partial charge < -0.3 is 9.84 Å². The van der Waals surface area contributed by atoms with Crippen molar-refractivity contribution in [1.29, 1.82) is 0 Å². The Morgan fingerprint density at radius 1 is 1.47 bits per heavy atom. The summed E-state index contributed by atoms with van der Waals surface area (Å²) in [4.78, 5) is 10.7. The number of methoxy groups -OCH3 is 1. The second-order valence-electron chi connectivity index (χ2n) is 4.06. The lowest BCUT2D eigenvalue weighted by molar-refractivity contribution is -0.136. The number of carbonyl (C=O) groups is 1. The summed E-state index contributed by atoms with van der Waals surface area (Å²) in [7, 11) is 3.38. The third kappa shape index (κ3) is 2.96. The van der Waals surface area contributed by atoms with Crippen LogP contribution in [0.2, 0.25) is 0 Å². The highest BCUT2D eigenvalue weighted by atomic mass is 79.9. The van der Waals surface area contributed by atoms with E-state index < -0.39 is 5.97 Å². The van der Waals surface area contributed by atoms with E-state index >= 15 is 0 Å². The first-order chi connectivity index (χ1) is 9.01. The quantitative estimate of drug-likeness (QED) is 0.938. The van der Waals surface area contributed by atoms with E-state index in [1.54, 1.807) is 24.9 Å². The maximum absolute atomic E-state index is 10.7. The fourth-order valence-electron chi connectivity index (χ4n) is 1.90. The van der Waals surface area contributed by atoms with E-state index in [1.807, 2.05) is 18.2 Å². The number of halogens is 1. The van der Waals surface area contributed by atoms with Gasteiger partial charge in [-0.1, -0.05) is 15.9 Å². The average molecular weight is 325 g/mol. The summed E-state index contributed by atoms with van der Waals surface area (Å²) in [6, 6.07) is 7.42. The molecule has 0 bridgehead atoms. The zero-order valence-corrected chi connectivity index (χ0v) is 12.1. The predicted molar refractivity (Wildman–Crippen MR) is 74.2 cm³/mol. The van der Waals surface area contributed by atoms with Crippen LogP contribution in [0, 0.1) is 0 Å². The number of nitrogens with zero attached hydrogens (tertiary/aromatic N) is 2. The molecule has 19 heavy (non-hydrogen) atoms. The van der Waals surface area contributed by atoms with Crippen molar-refractivity contribution in [2.24, 2.45) is 7.05 Å². The van der Waals surface area contributed by atoms with Gasteiger partial charge in [0, 0.05) is 17.1 Å². The minimum absolute atomic E-state index is 0.0931. The van der Waals surface area contributed by atoms with Gasteiger partial charge in [-0.15, -0.1) is 0 Å². The van der Waals surface area contributed by atoms with Crippen LogP contribution in [0.1, 0.15) is 5.69 Å². The highest BCUT2D eigenvalue weighted by Crippen LogP contribution is 2.32. The van der Waals surface area contributed by atoms with Gasteiger partial charge in [0.25, 0.3) is 0 Å². The number of aryl methyl sites for hydroxylation is 1.